The number of hydrogen-bond acceptors (Lipinski definition) is 5. The lowest BCUT2D eigenvalue weighted by Gasteiger charge is -2.33. The number of rotatable bonds is 7. The number of benzene rings is 2. The Hall–Kier alpha value is -3.52. The predicted molar refractivity (Wildman–Crippen MR) is 130 cm³/mol. The second-order valence-electron chi connectivity index (χ2n) is 8.16. The van der Waals surface area contributed by atoms with Crippen LogP contribution in [-0.2, 0) is 11.8 Å². The zero-order valence-electron chi connectivity index (χ0n) is 19.5. The van der Waals surface area contributed by atoms with Crippen LogP contribution < -0.4 is 20.1 Å². The van der Waals surface area contributed by atoms with Gasteiger partial charge in [0.15, 0.2) is 11.5 Å². The van der Waals surface area contributed by atoms with Crippen LogP contribution >= 0.6 is 11.6 Å². The molecule has 2 atom stereocenters. The molecule has 0 saturated heterocycles. The Balaban J connectivity index is 1.79. The largest absolute Gasteiger partial charge is 0.493 e. The van der Waals surface area contributed by atoms with Gasteiger partial charge in [-0.25, -0.2) is 0 Å². The number of aryl methyl sites for hydroxylation is 2. The molecule has 0 unspecified atom stereocenters. The number of nitrogens with one attached hydrogen (secondary N) is 2. The van der Waals surface area contributed by atoms with Gasteiger partial charge >= 0.3 is 0 Å². The molecule has 8 nitrogen and oxygen atoms in total. The molecule has 1 aliphatic heterocycles. The number of carbonyl (C=O) groups excluding carboxylic acids is 2. The summed E-state index contributed by atoms with van der Waals surface area (Å²) in [6.07, 6.45) is 0.838. The first-order valence-corrected chi connectivity index (χ1v) is 11.4. The van der Waals surface area contributed by atoms with Gasteiger partial charge in [0.25, 0.3) is 5.91 Å². The van der Waals surface area contributed by atoms with Crippen molar-refractivity contribution >= 4 is 29.2 Å². The fraction of sp³-hybridized carbons (Fsp3) is 0.320. The monoisotopic (exact) mass is 482 g/mol. The fourth-order valence-electron chi connectivity index (χ4n) is 4.25. The number of hydrogen-bond donors (Lipinski definition) is 2. The summed E-state index contributed by atoms with van der Waals surface area (Å²) in [7, 11) is 3.36. The van der Waals surface area contributed by atoms with Crippen molar-refractivity contribution in [1.29, 1.82) is 0 Å². The molecule has 2 heterocycles. The minimum absolute atomic E-state index is 0.324. The topological polar surface area (TPSA) is 94.5 Å². The quantitative estimate of drug-likeness (QED) is 0.529. The van der Waals surface area contributed by atoms with Gasteiger partial charge in [-0.05, 0) is 55.3 Å². The number of halogens is 1. The Morgan fingerprint density at radius 2 is 1.94 bits per heavy atom. The van der Waals surface area contributed by atoms with Crippen molar-refractivity contribution in [2.24, 2.45) is 7.05 Å². The maximum Gasteiger partial charge on any atom is 0.251 e. The van der Waals surface area contributed by atoms with Gasteiger partial charge in [-0.2, -0.15) is 5.10 Å². The number of amides is 2. The number of nitrogens with zero attached hydrogens (tertiary/aromatic N) is 2. The molecule has 0 spiro atoms. The van der Waals surface area contributed by atoms with Crippen LogP contribution in [0.4, 0.5) is 5.82 Å². The molecule has 9 heteroatoms. The van der Waals surface area contributed by atoms with Crippen LogP contribution in [0, 0.1) is 6.92 Å². The number of anilines is 1. The highest BCUT2D eigenvalue weighted by Gasteiger charge is 2.41. The van der Waals surface area contributed by atoms with Crippen LogP contribution in [0.15, 0.2) is 42.5 Å². The molecular formula is C25H27ClN4O4. The van der Waals surface area contributed by atoms with E-state index in [2.05, 4.69) is 15.7 Å². The van der Waals surface area contributed by atoms with E-state index in [0.717, 1.165) is 23.2 Å². The third-order valence-electron chi connectivity index (χ3n) is 5.84. The van der Waals surface area contributed by atoms with Gasteiger partial charge in [0.2, 0.25) is 5.91 Å². The molecule has 1 aromatic heterocycles. The van der Waals surface area contributed by atoms with Crippen molar-refractivity contribution in [3.63, 3.8) is 0 Å². The lowest BCUT2D eigenvalue weighted by Crippen LogP contribution is -2.50. The maximum absolute atomic E-state index is 13.3. The first kappa shape index (κ1) is 23.6. The lowest BCUT2D eigenvalue weighted by molar-refractivity contribution is -0.118. The molecule has 0 fully saturated rings. The van der Waals surface area contributed by atoms with Crippen molar-refractivity contribution in [2.45, 2.75) is 32.2 Å². The highest BCUT2D eigenvalue weighted by atomic mass is 35.5. The number of fused-ring (bicyclic) bond motifs is 1. The normalized spacial score (nSPS) is 17.0. The van der Waals surface area contributed by atoms with Crippen molar-refractivity contribution in [1.82, 2.24) is 15.1 Å². The maximum atomic E-state index is 13.3. The minimum Gasteiger partial charge on any atom is -0.493 e. The van der Waals surface area contributed by atoms with E-state index in [-0.39, 0.29) is 11.8 Å². The molecule has 3 aromatic rings. The van der Waals surface area contributed by atoms with Crippen LogP contribution in [-0.4, -0.2) is 41.4 Å². The van der Waals surface area contributed by atoms with E-state index in [4.69, 9.17) is 21.1 Å². The molecule has 2 N–H and O–H groups in total. The molecule has 1 aliphatic rings. The zero-order chi connectivity index (χ0) is 24.4. The number of ether oxygens (including phenoxy) is 2. The first-order valence-electron chi connectivity index (χ1n) is 11.1. The summed E-state index contributed by atoms with van der Waals surface area (Å²) in [4.78, 5) is 26.3. The zero-order valence-corrected chi connectivity index (χ0v) is 20.3. The number of methoxy groups -OCH3 is 1. The van der Waals surface area contributed by atoms with E-state index < -0.39 is 12.0 Å². The second-order valence-corrected chi connectivity index (χ2v) is 8.59. The molecule has 178 valence electrons. The first-order chi connectivity index (χ1) is 16.3. The Labute approximate surface area is 203 Å². The van der Waals surface area contributed by atoms with Crippen molar-refractivity contribution in [2.75, 3.05) is 19.0 Å². The second kappa shape index (κ2) is 9.77. The van der Waals surface area contributed by atoms with Crippen molar-refractivity contribution in [3.05, 3.63) is 69.9 Å². The van der Waals surface area contributed by atoms with E-state index >= 15 is 0 Å². The molecule has 2 aromatic carbocycles. The molecule has 0 saturated carbocycles. The minimum atomic E-state index is -0.869. The van der Waals surface area contributed by atoms with Gasteiger partial charge in [-0.3, -0.25) is 14.3 Å². The van der Waals surface area contributed by atoms with Crippen LogP contribution in [0.25, 0.3) is 0 Å². The van der Waals surface area contributed by atoms with E-state index in [1.165, 1.54) is 0 Å². The Kier molecular flexibility index (Phi) is 6.79. The van der Waals surface area contributed by atoms with Gasteiger partial charge in [0.1, 0.15) is 11.9 Å². The molecule has 0 radical (unpaired) electrons. The lowest BCUT2D eigenvalue weighted by atomic mass is 9.81. The summed E-state index contributed by atoms with van der Waals surface area (Å²) < 4.78 is 13.0. The highest BCUT2D eigenvalue weighted by Crippen LogP contribution is 2.41. The van der Waals surface area contributed by atoms with Crippen molar-refractivity contribution in [3.8, 4) is 11.5 Å². The van der Waals surface area contributed by atoms with Gasteiger partial charge in [0.05, 0.1) is 19.4 Å². The van der Waals surface area contributed by atoms with Gasteiger partial charge in [0, 0.05) is 29.1 Å². The summed E-state index contributed by atoms with van der Waals surface area (Å²) >= 11 is 5.96. The van der Waals surface area contributed by atoms with Gasteiger partial charge in [-0.1, -0.05) is 24.6 Å². The van der Waals surface area contributed by atoms with Crippen LogP contribution in [0.5, 0.6) is 11.5 Å². The molecule has 2 amide bonds. The van der Waals surface area contributed by atoms with E-state index in [1.807, 2.05) is 32.0 Å². The Bertz CT molecular complexity index is 1220. The summed E-state index contributed by atoms with van der Waals surface area (Å²) in [5.41, 5.74) is 2.82. The van der Waals surface area contributed by atoms with E-state index in [9.17, 15) is 9.59 Å². The van der Waals surface area contributed by atoms with E-state index in [1.54, 1.807) is 43.1 Å². The average Bonchev–Trinajstić information content (AvgIpc) is 3.10. The molecular weight excluding hydrogens is 456 g/mol. The summed E-state index contributed by atoms with van der Waals surface area (Å²) in [5, 5.41) is 10.9. The Morgan fingerprint density at radius 1 is 1.21 bits per heavy atom. The third-order valence-corrected chi connectivity index (χ3v) is 6.09. The molecule has 0 aliphatic carbocycles. The van der Waals surface area contributed by atoms with E-state index in [0.29, 0.717) is 34.5 Å². The highest BCUT2D eigenvalue weighted by molar-refractivity contribution is 6.30. The van der Waals surface area contributed by atoms with Crippen LogP contribution in [0.1, 0.15) is 46.4 Å². The molecule has 34 heavy (non-hydrogen) atoms. The Morgan fingerprint density at radius 3 is 2.62 bits per heavy atom. The van der Waals surface area contributed by atoms with Crippen molar-refractivity contribution < 1.29 is 19.1 Å². The smallest absolute Gasteiger partial charge is 0.251 e. The van der Waals surface area contributed by atoms with Gasteiger partial charge in [-0.15, -0.1) is 0 Å². The van der Waals surface area contributed by atoms with Crippen LogP contribution in [0.3, 0.4) is 0 Å². The summed E-state index contributed by atoms with van der Waals surface area (Å²) in [6.45, 7) is 4.44. The predicted octanol–water partition coefficient (Wildman–Crippen LogP) is 4.06. The molecule has 4 rings (SSSR count). The number of carbonyl (C=O) groups is 2. The average molecular weight is 483 g/mol. The van der Waals surface area contributed by atoms with Gasteiger partial charge < -0.3 is 20.1 Å². The standard InChI is InChI=1S/C25H27ClN4O4/c1-5-12-34-19-13-16(8-11-18(19)33-4)21-20-14(2)29-30(3)23(20)28-25(32)22(21)27-24(31)15-6-9-17(26)10-7-15/h6-11,13,21-22H,5,12H2,1-4H3,(H,27,31)(H,28,32)/t21-,22-/m1/s1. The number of aromatic nitrogens is 2. The van der Waals surface area contributed by atoms with Crippen LogP contribution in [0.2, 0.25) is 5.02 Å². The summed E-state index contributed by atoms with van der Waals surface area (Å²) in [5.74, 6) is 0.610. The third kappa shape index (κ3) is 4.46. The SMILES string of the molecule is CCCOc1cc([C@@H]2c3c(C)nn(C)c3NC(=O)[C@@H]2NC(=O)c2ccc(Cl)cc2)ccc1OC. The molecule has 0 bridgehead atoms. The fourth-order valence-corrected chi connectivity index (χ4v) is 4.38. The summed E-state index contributed by atoms with van der Waals surface area (Å²) in [6, 6.07) is 11.2.